The number of nitro groups is 1. The Labute approximate surface area is 85.6 Å². The number of H-pyrrole nitrogens is 1. The quantitative estimate of drug-likeness (QED) is 0.343. The van der Waals surface area contributed by atoms with Gasteiger partial charge < -0.3 is 14.9 Å². The highest BCUT2D eigenvalue weighted by Crippen LogP contribution is 2.14. The molecule has 0 aromatic carbocycles. The summed E-state index contributed by atoms with van der Waals surface area (Å²) in [4.78, 5) is 21.1. The number of nitrogens with zero attached hydrogens (tertiary/aromatic N) is 2. The van der Waals surface area contributed by atoms with Crippen LogP contribution < -0.4 is 0 Å². The Bertz CT molecular complexity index is 361. The molecule has 0 fully saturated rings. The normalized spacial score (nSPS) is 9.93. The molecule has 1 heterocycles. The minimum atomic E-state index is -0.719. The van der Waals surface area contributed by atoms with E-state index in [2.05, 4.69) is 10.2 Å². The Hall–Kier alpha value is -1.92. The third kappa shape index (κ3) is 2.76. The number of carbonyl (C=O) groups excluding carboxylic acids is 1. The number of hydrogen-bond acceptors (Lipinski definition) is 5. The molecule has 0 saturated carbocycles. The summed E-state index contributed by atoms with van der Waals surface area (Å²) in [7, 11) is 0. The Morgan fingerprint density at radius 1 is 1.73 bits per heavy atom. The third-order valence-electron chi connectivity index (χ3n) is 1.75. The summed E-state index contributed by atoms with van der Waals surface area (Å²) < 4.78 is 4.81. The van der Waals surface area contributed by atoms with Gasteiger partial charge in [-0.15, -0.1) is 5.10 Å². The van der Waals surface area contributed by atoms with Crippen molar-refractivity contribution in [3.8, 4) is 0 Å². The van der Waals surface area contributed by atoms with Gasteiger partial charge in [-0.2, -0.15) is 0 Å². The Morgan fingerprint density at radius 3 is 3.07 bits per heavy atom. The van der Waals surface area contributed by atoms with E-state index < -0.39 is 16.7 Å². The lowest BCUT2D eigenvalue weighted by molar-refractivity contribution is -0.389. The van der Waals surface area contributed by atoms with Crippen molar-refractivity contribution < 1.29 is 14.5 Å². The van der Waals surface area contributed by atoms with Gasteiger partial charge in [0.2, 0.25) is 0 Å². The van der Waals surface area contributed by atoms with E-state index in [1.165, 1.54) is 0 Å². The molecule has 0 atom stereocenters. The molecule has 0 aliphatic carbocycles. The first-order valence-corrected chi connectivity index (χ1v) is 4.51. The van der Waals surface area contributed by atoms with Gasteiger partial charge in [-0.3, -0.25) is 0 Å². The average Bonchev–Trinajstić information content (AvgIpc) is 2.66. The summed E-state index contributed by atoms with van der Waals surface area (Å²) in [5.41, 5.74) is -0.142. The van der Waals surface area contributed by atoms with Gasteiger partial charge in [0.05, 0.1) is 12.8 Å². The number of ether oxygens (including phenoxy) is 1. The number of unbranched alkanes of at least 4 members (excludes halogenated alkanes) is 1. The van der Waals surface area contributed by atoms with Crippen molar-refractivity contribution in [2.45, 2.75) is 19.8 Å². The van der Waals surface area contributed by atoms with Crippen LogP contribution in [-0.2, 0) is 4.74 Å². The first kappa shape index (κ1) is 11.2. The van der Waals surface area contributed by atoms with Crippen LogP contribution in [0, 0.1) is 10.1 Å². The highest BCUT2D eigenvalue weighted by Gasteiger charge is 2.22. The van der Waals surface area contributed by atoms with Crippen molar-refractivity contribution in [3.63, 3.8) is 0 Å². The SMILES string of the molecule is CCCCOC(=O)c1cn[nH]c1[N+](=O)[O-]. The van der Waals surface area contributed by atoms with E-state index in [0.29, 0.717) is 0 Å². The fraction of sp³-hybridized carbons (Fsp3) is 0.500. The zero-order valence-electron chi connectivity index (χ0n) is 8.23. The highest BCUT2D eigenvalue weighted by molar-refractivity contribution is 5.92. The summed E-state index contributed by atoms with van der Waals surface area (Å²) in [6.45, 7) is 2.21. The number of aromatic amines is 1. The molecule has 0 aliphatic rings. The van der Waals surface area contributed by atoms with Crippen molar-refractivity contribution in [3.05, 3.63) is 21.9 Å². The maximum atomic E-state index is 11.3. The fourth-order valence-electron chi connectivity index (χ4n) is 0.955. The smallest absolute Gasteiger partial charge is 0.357 e. The van der Waals surface area contributed by atoms with Crippen molar-refractivity contribution in [2.24, 2.45) is 0 Å². The van der Waals surface area contributed by atoms with Crippen LogP contribution in [0.15, 0.2) is 6.20 Å². The molecule has 1 aromatic rings. The van der Waals surface area contributed by atoms with Gasteiger partial charge in [0.25, 0.3) is 0 Å². The van der Waals surface area contributed by atoms with Crippen molar-refractivity contribution >= 4 is 11.8 Å². The molecular weight excluding hydrogens is 202 g/mol. The molecule has 7 nitrogen and oxygen atoms in total. The molecule has 82 valence electrons. The first-order chi connectivity index (χ1) is 7.16. The van der Waals surface area contributed by atoms with Crippen LogP contribution >= 0.6 is 0 Å². The van der Waals surface area contributed by atoms with Gasteiger partial charge in [-0.1, -0.05) is 18.4 Å². The molecule has 0 radical (unpaired) electrons. The van der Waals surface area contributed by atoms with Crippen LogP contribution in [0.3, 0.4) is 0 Å². The lowest BCUT2D eigenvalue weighted by Gasteiger charge is -2.01. The van der Waals surface area contributed by atoms with Gasteiger partial charge in [0.15, 0.2) is 5.56 Å². The van der Waals surface area contributed by atoms with E-state index in [4.69, 9.17) is 4.74 Å². The van der Waals surface area contributed by atoms with Crippen molar-refractivity contribution in [1.82, 2.24) is 10.2 Å². The van der Waals surface area contributed by atoms with Crippen LogP contribution in [0.5, 0.6) is 0 Å². The minimum Gasteiger partial charge on any atom is -0.462 e. The third-order valence-corrected chi connectivity index (χ3v) is 1.75. The van der Waals surface area contributed by atoms with E-state index in [9.17, 15) is 14.9 Å². The topological polar surface area (TPSA) is 98.1 Å². The Kier molecular flexibility index (Phi) is 3.78. The van der Waals surface area contributed by atoms with Gasteiger partial charge in [-0.05, 0) is 11.3 Å². The monoisotopic (exact) mass is 213 g/mol. The summed E-state index contributed by atoms with van der Waals surface area (Å²) in [5, 5.41) is 16.0. The lowest BCUT2D eigenvalue weighted by atomic mass is 10.3. The largest absolute Gasteiger partial charge is 0.462 e. The van der Waals surface area contributed by atoms with Crippen LogP contribution in [0.25, 0.3) is 0 Å². The number of hydrogen-bond donors (Lipinski definition) is 1. The fourth-order valence-corrected chi connectivity index (χ4v) is 0.955. The molecule has 1 rings (SSSR count). The highest BCUT2D eigenvalue weighted by atomic mass is 16.6. The average molecular weight is 213 g/mol. The van der Waals surface area contributed by atoms with Gasteiger partial charge in [0, 0.05) is 0 Å². The number of esters is 1. The van der Waals surface area contributed by atoms with E-state index in [1.807, 2.05) is 6.92 Å². The molecule has 0 bridgehead atoms. The van der Waals surface area contributed by atoms with Crippen LogP contribution in [-0.4, -0.2) is 27.7 Å². The van der Waals surface area contributed by atoms with Crippen LogP contribution in [0.2, 0.25) is 0 Å². The molecular formula is C8H11N3O4. The van der Waals surface area contributed by atoms with Crippen molar-refractivity contribution in [1.29, 1.82) is 0 Å². The molecule has 0 spiro atoms. The maximum absolute atomic E-state index is 11.3. The molecule has 0 unspecified atom stereocenters. The number of aromatic nitrogens is 2. The number of rotatable bonds is 5. The number of carbonyl (C=O) groups is 1. The minimum absolute atomic E-state index is 0.142. The zero-order chi connectivity index (χ0) is 11.3. The molecule has 0 aliphatic heterocycles. The van der Waals surface area contributed by atoms with Crippen LogP contribution in [0.1, 0.15) is 30.1 Å². The standard InChI is InChI=1S/C8H11N3O4/c1-2-3-4-15-8(12)6-5-9-10-7(6)11(13)14/h5H,2-4H2,1H3,(H,9,10). The van der Waals surface area contributed by atoms with E-state index in [-0.39, 0.29) is 12.2 Å². The van der Waals surface area contributed by atoms with E-state index in [0.717, 1.165) is 19.0 Å². The number of nitrogens with one attached hydrogen (secondary N) is 1. The molecule has 15 heavy (non-hydrogen) atoms. The molecule has 1 aromatic heterocycles. The van der Waals surface area contributed by atoms with E-state index >= 15 is 0 Å². The second-order valence-electron chi connectivity index (χ2n) is 2.88. The summed E-state index contributed by atoms with van der Waals surface area (Å²) in [6, 6.07) is 0. The predicted molar refractivity (Wildman–Crippen MR) is 50.4 cm³/mol. The molecule has 0 saturated heterocycles. The summed E-state index contributed by atoms with van der Waals surface area (Å²) in [6.07, 6.45) is 2.71. The lowest BCUT2D eigenvalue weighted by Crippen LogP contribution is -2.07. The Morgan fingerprint density at radius 2 is 2.47 bits per heavy atom. The molecule has 7 heteroatoms. The second-order valence-corrected chi connectivity index (χ2v) is 2.88. The Balaban J connectivity index is 2.65. The summed E-state index contributed by atoms with van der Waals surface area (Å²) >= 11 is 0. The summed E-state index contributed by atoms with van der Waals surface area (Å²) in [5.74, 6) is -1.15. The van der Waals surface area contributed by atoms with E-state index in [1.54, 1.807) is 0 Å². The van der Waals surface area contributed by atoms with Crippen LogP contribution in [0.4, 0.5) is 5.82 Å². The molecule has 0 amide bonds. The van der Waals surface area contributed by atoms with Gasteiger partial charge in [-0.25, -0.2) is 4.79 Å². The molecule has 1 N–H and O–H groups in total. The second kappa shape index (κ2) is 5.08. The first-order valence-electron chi connectivity index (χ1n) is 4.51. The van der Waals surface area contributed by atoms with Crippen molar-refractivity contribution in [2.75, 3.05) is 6.61 Å². The zero-order valence-corrected chi connectivity index (χ0v) is 8.23. The van der Waals surface area contributed by atoms with Gasteiger partial charge in [0.1, 0.15) is 0 Å². The van der Waals surface area contributed by atoms with Gasteiger partial charge >= 0.3 is 11.8 Å². The predicted octanol–water partition coefficient (Wildman–Crippen LogP) is 1.27. The maximum Gasteiger partial charge on any atom is 0.357 e.